The Bertz CT molecular complexity index is 1150. The fourth-order valence-electron chi connectivity index (χ4n) is 2.46. The standard InChI is InChI=1S/C20H15BrF2N2O3S2/c21-13-5-11-16(12-6-13)30(27,28)25-18-4-2-1-3-17(18)19(26)24-14-7-9-15(10-8-14)29-20(22)23/h1-12,20,25H,(H,24,26)/p-1. The van der Waals surface area contributed by atoms with E-state index in [0.717, 1.165) is 4.47 Å². The molecule has 0 spiro atoms. The van der Waals surface area contributed by atoms with E-state index in [4.69, 9.17) is 0 Å². The maximum atomic E-state index is 12.6. The molecule has 3 aromatic rings. The van der Waals surface area contributed by atoms with Gasteiger partial charge in [-0.2, -0.15) is 8.78 Å². The number of rotatable bonds is 7. The van der Waals surface area contributed by atoms with Gasteiger partial charge in [-0.15, -0.1) is 0 Å². The van der Waals surface area contributed by atoms with E-state index in [-0.39, 0.29) is 21.8 Å². The number of alkyl halides is 2. The second-order valence-electron chi connectivity index (χ2n) is 5.89. The first-order chi connectivity index (χ1) is 14.2. The van der Waals surface area contributed by atoms with Crippen molar-refractivity contribution in [3.63, 3.8) is 0 Å². The zero-order chi connectivity index (χ0) is 21.7. The van der Waals surface area contributed by atoms with E-state index in [1.54, 1.807) is 24.3 Å². The molecule has 1 N–H and O–H groups in total. The lowest BCUT2D eigenvalue weighted by Gasteiger charge is -2.17. The Hall–Kier alpha value is -2.43. The van der Waals surface area contributed by atoms with Crippen LogP contribution in [0.2, 0.25) is 0 Å². The summed E-state index contributed by atoms with van der Waals surface area (Å²) in [6.45, 7) is 0. The van der Waals surface area contributed by atoms with Crippen LogP contribution in [-0.4, -0.2) is 20.1 Å². The van der Waals surface area contributed by atoms with Crippen molar-refractivity contribution in [2.24, 2.45) is 4.99 Å². The molecule has 3 aromatic carbocycles. The molecule has 0 amide bonds. The molecule has 3 rings (SSSR count). The van der Waals surface area contributed by atoms with Gasteiger partial charge in [-0.25, -0.2) is 8.42 Å². The van der Waals surface area contributed by atoms with Crippen LogP contribution in [-0.2, 0) is 10.0 Å². The molecule has 5 nitrogen and oxygen atoms in total. The number of nitrogens with zero attached hydrogens (tertiary/aromatic N) is 1. The summed E-state index contributed by atoms with van der Waals surface area (Å²) in [5, 5.41) is 12.6. The Morgan fingerprint density at radius 1 is 1.00 bits per heavy atom. The topological polar surface area (TPSA) is 81.6 Å². The zero-order valence-electron chi connectivity index (χ0n) is 15.1. The number of hydrogen-bond donors (Lipinski definition) is 1. The molecule has 0 heterocycles. The number of hydrogen-bond acceptors (Lipinski definition) is 5. The van der Waals surface area contributed by atoms with Crippen LogP contribution in [0.3, 0.4) is 0 Å². The van der Waals surface area contributed by atoms with Crippen molar-refractivity contribution in [3.05, 3.63) is 82.8 Å². The number of aliphatic imine (C=N–C) groups is 1. The van der Waals surface area contributed by atoms with Gasteiger partial charge < -0.3 is 5.11 Å². The summed E-state index contributed by atoms with van der Waals surface area (Å²) in [4.78, 5) is 4.33. The van der Waals surface area contributed by atoms with Crippen molar-refractivity contribution >= 4 is 55.0 Å². The lowest BCUT2D eigenvalue weighted by molar-refractivity contribution is -0.212. The summed E-state index contributed by atoms with van der Waals surface area (Å²) in [5.74, 6) is -3.21. The van der Waals surface area contributed by atoms with Crippen molar-refractivity contribution in [1.82, 2.24) is 0 Å². The molecule has 156 valence electrons. The third-order valence-corrected chi connectivity index (χ3v) is 6.45. The number of benzene rings is 3. The zero-order valence-corrected chi connectivity index (χ0v) is 18.3. The minimum atomic E-state index is -3.91. The second-order valence-corrected chi connectivity index (χ2v) is 9.56. The van der Waals surface area contributed by atoms with Crippen LogP contribution < -0.4 is 9.83 Å². The van der Waals surface area contributed by atoms with Gasteiger partial charge in [-0.1, -0.05) is 45.9 Å². The van der Waals surface area contributed by atoms with Gasteiger partial charge in [0.15, 0.2) is 0 Å². The van der Waals surface area contributed by atoms with Crippen molar-refractivity contribution in [2.75, 3.05) is 4.72 Å². The summed E-state index contributed by atoms with van der Waals surface area (Å²) in [5.41, 5.74) is 0.410. The molecular formula is C20H14BrF2N2O3S2-. The van der Waals surface area contributed by atoms with Crippen molar-refractivity contribution in [2.45, 2.75) is 15.5 Å². The minimum absolute atomic E-state index is 0.0389. The lowest BCUT2D eigenvalue weighted by Crippen LogP contribution is -2.22. The monoisotopic (exact) mass is 511 g/mol. The van der Waals surface area contributed by atoms with Gasteiger partial charge in [0, 0.05) is 14.9 Å². The fourth-order valence-corrected chi connectivity index (χ4v) is 4.30. The molecule has 0 aliphatic rings. The van der Waals surface area contributed by atoms with Gasteiger partial charge in [-0.3, -0.25) is 9.71 Å². The largest absolute Gasteiger partial charge is 0.858 e. The summed E-state index contributed by atoms with van der Waals surface area (Å²) in [6.07, 6.45) is 0. The summed E-state index contributed by atoms with van der Waals surface area (Å²) >= 11 is 3.64. The minimum Gasteiger partial charge on any atom is -0.858 e. The van der Waals surface area contributed by atoms with Crippen molar-refractivity contribution in [1.29, 1.82) is 0 Å². The van der Waals surface area contributed by atoms with Gasteiger partial charge in [-0.05, 0) is 60.5 Å². The average Bonchev–Trinajstić information content (AvgIpc) is 2.69. The van der Waals surface area contributed by atoms with E-state index in [1.807, 2.05) is 0 Å². The van der Waals surface area contributed by atoms with Crippen LogP contribution in [0, 0.1) is 0 Å². The molecule has 0 aromatic heterocycles. The second kappa shape index (κ2) is 9.59. The molecule has 0 atom stereocenters. The van der Waals surface area contributed by atoms with E-state index >= 15 is 0 Å². The smallest absolute Gasteiger partial charge is 0.288 e. The molecule has 30 heavy (non-hydrogen) atoms. The number of anilines is 1. The third kappa shape index (κ3) is 5.80. The Morgan fingerprint density at radius 3 is 2.27 bits per heavy atom. The average molecular weight is 512 g/mol. The van der Waals surface area contributed by atoms with Gasteiger partial charge in [0.2, 0.25) is 0 Å². The normalized spacial score (nSPS) is 12.2. The first-order valence-electron chi connectivity index (χ1n) is 8.43. The maximum Gasteiger partial charge on any atom is 0.288 e. The highest BCUT2D eigenvalue weighted by molar-refractivity contribution is 9.10. The molecule has 0 bridgehead atoms. The Balaban J connectivity index is 1.87. The molecule has 0 radical (unpaired) electrons. The van der Waals surface area contributed by atoms with E-state index in [0.29, 0.717) is 16.7 Å². The Morgan fingerprint density at radius 2 is 1.63 bits per heavy atom. The summed E-state index contributed by atoms with van der Waals surface area (Å²) < 4.78 is 53.2. The van der Waals surface area contributed by atoms with Crippen LogP contribution in [0.15, 0.2) is 92.1 Å². The summed E-state index contributed by atoms with van der Waals surface area (Å²) in [6, 6.07) is 17.9. The molecule has 10 heteroatoms. The van der Waals surface area contributed by atoms with Crippen LogP contribution in [0.25, 0.3) is 0 Å². The molecule has 0 fully saturated rings. The van der Waals surface area contributed by atoms with Crippen LogP contribution in [0.4, 0.5) is 20.2 Å². The molecule has 0 saturated heterocycles. The SMILES string of the molecule is O=S(=O)(Nc1ccccc1C([O-])=Nc1ccc(SC(F)F)cc1)c1ccc(Br)cc1. The highest BCUT2D eigenvalue weighted by Crippen LogP contribution is 2.27. The third-order valence-electron chi connectivity index (χ3n) is 3.82. The number of sulfonamides is 1. The maximum absolute atomic E-state index is 12.6. The fraction of sp³-hybridized carbons (Fsp3) is 0.0500. The first kappa shape index (κ1) is 22.3. The highest BCUT2D eigenvalue weighted by Gasteiger charge is 2.16. The number of para-hydroxylation sites is 1. The Kier molecular flexibility index (Phi) is 7.11. The molecule has 0 saturated carbocycles. The quantitative estimate of drug-likeness (QED) is 0.274. The predicted molar refractivity (Wildman–Crippen MR) is 116 cm³/mol. The van der Waals surface area contributed by atoms with Crippen LogP contribution in [0.5, 0.6) is 0 Å². The van der Waals surface area contributed by atoms with Crippen LogP contribution in [0.1, 0.15) is 5.56 Å². The molecule has 0 unspecified atom stereocenters. The van der Waals surface area contributed by atoms with Crippen molar-refractivity contribution in [3.8, 4) is 0 Å². The Labute approximate surface area is 185 Å². The lowest BCUT2D eigenvalue weighted by atomic mass is 10.2. The summed E-state index contributed by atoms with van der Waals surface area (Å²) in [7, 11) is -3.91. The van der Waals surface area contributed by atoms with Crippen molar-refractivity contribution < 1.29 is 22.3 Å². The van der Waals surface area contributed by atoms with E-state index in [1.165, 1.54) is 48.5 Å². The van der Waals surface area contributed by atoms with Gasteiger partial charge in [0.25, 0.3) is 15.8 Å². The van der Waals surface area contributed by atoms with Gasteiger partial charge in [0.05, 0.1) is 16.3 Å². The van der Waals surface area contributed by atoms with Gasteiger partial charge in [0.1, 0.15) is 0 Å². The number of nitrogens with one attached hydrogen (secondary N) is 1. The van der Waals surface area contributed by atoms with E-state index in [2.05, 4.69) is 25.6 Å². The molecule has 0 aliphatic heterocycles. The van der Waals surface area contributed by atoms with Crippen LogP contribution >= 0.6 is 27.7 Å². The highest BCUT2D eigenvalue weighted by atomic mass is 79.9. The first-order valence-corrected chi connectivity index (χ1v) is 11.6. The van der Waals surface area contributed by atoms with E-state index < -0.39 is 21.7 Å². The molecular weight excluding hydrogens is 498 g/mol. The van der Waals surface area contributed by atoms with Gasteiger partial charge >= 0.3 is 0 Å². The molecule has 0 aliphatic carbocycles. The number of halogens is 3. The number of thioether (sulfide) groups is 1. The van der Waals surface area contributed by atoms with E-state index in [9.17, 15) is 22.3 Å². The predicted octanol–water partition coefficient (Wildman–Crippen LogP) is 5.00.